The minimum Gasteiger partial charge on any atom is -0.355 e. The van der Waals surface area contributed by atoms with E-state index in [1.54, 1.807) is 18.5 Å². The van der Waals surface area contributed by atoms with Gasteiger partial charge in [-0.05, 0) is 37.8 Å². The van der Waals surface area contributed by atoms with Gasteiger partial charge in [-0.15, -0.1) is 0 Å². The molecule has 1 aliphatic carbocycles. The minimum atomic E-state index is -0.200. The smallest absolute Gasteiger partial charge is 0.273 e. The number of rotatable bonds is 3. The first kappa shape index (κ1) is 13.8. The molecule has 1 fully saturated rings. The maximum atomic E-state index is 12.2. The Morgan fingerprint density at radius 2 is 2.14 bits per heavy atom. The van der Waals surface area contributed by atoms with Crippen LogP contribution >= 0.6 is 0 Å². The van der Waals surface area contributed by atoms with Crippen molar-refractivity contribution in [3.8, 4) is 11.3 Å². The summed E-state index contributed by atoms with van der Waals surface area (Å²) in [5, 5.41) is 6.82. The largest absolute Gasteiger partial charge is 0.355 e. The number of nitrogens with one attached hydrogen (secondary N) is 1. The first-order valence-corrected chi connectivity index (χ1v) is 7.16. The van der Waals surface area contributed by atoms with Gasteiger partial charge >= 0.3 is 0 Å². The summed E-state index contributed by atoms with van der Waals surface area (Å²) in [5.74, 6) is 0.341. The van der Waals surface area contributed by atoms with Crippen LogP contribution in [0.3, 0.4) is 0 Å². The average molecular weight is 286 g/mol. The first-order chi connectivity index (χ1) is 10.2. The van der Waals surface area contributed by atoms with E-state index in [1.165, 1.54) is 0 Å². The molecule has 2 heterocycles. The zero-order chi connectivity index (χ0) is 14.7. The third-order valence-electron chi connectivity index (χ3n) is 3.80. The molecule has 0 radical (unpaired) electrons. The fraction of sp³-hybridized carbons (Fsp3) is 0.400. The van der Waals surface area contributed by atoms with Gasteiger partial charge in [-0.2, -0.15) is 0 Å². The van der Waals surface area contributed by atoms with Crippen LogP contribution in [0.1, 0.15) is 36.2 Å². The van der Waals surface area contributed by atoms with Gasteiger partial charge in [0.15, 0.2) is 11.5 Å². The molecule has 0 atom stereocenters. The molecule has 2 aromatic rings. The van der Waals surface area contributed by atoms with Crippen molar-refractivity contribution in [3.63, 3.8) is 0 Å². The van der Waals surface area contributed by atoms with Crippen LogP contribution in [0.25, 0.3) is 11.3 Å². The lowest BCUT2D eigenvalue weighted by molar-refractivity contribution is 0.0917. The van der Waals surface area contributed by atoms with E-state index in [9.17, 15) is 4.79 Å². The van der Waals surface area contributed by atoms with Gasteiger partial charge in [0.2, 0.25) is 0 Å². The number of pyridine rings is 1. The molecule has 0 spiro atoms. The van der Waals surface area contributed by atoms with Crippen molar-refractivity contribution in [1.29, 1.82) is 0 Å². The van der Waals surface area contributed by atoms with Crippen LogP contribution in [0.5, 0.6) is 0 Å². The highest BCUT2D eigenvalue weighted by Gasteiger charge is 2.22. The van der Waals surface area contributed by atoms with E-state index >= 15 is 0 Å². The number of hydrogen-bond donors (Lipinski definition) is 2. The number of amides is 1. The molecule has 1 aliphatic rings. The van der Waals surface area contributed by atoms with E-state index in [2.05, 4.69) is 15.5 Å². The van der Waals surface area contributed by atoms with Crippen LogP contribution in [0.2, 0.25) is 0 Å². The monoisotopic (exact) mass is 286 g/mol. The normalized spacial score (nSPS) is 22.0. The zero-order valence-electron chi connectivity index (χ0n) is 11.7. The maximum Gasteiger partial charge on any atom is 0.273 e. The predicted octanol–water partition coefficient (Wildman–Crippen LogP) is 1.74. The molecular weight excluding hydrogens is 268 g/mol. The maximum absolute atomic E-state index is 12.2. The Bertz CT molecular complexity index is 603. The molecule has 6 heteroatoms. The Morgan fingerprint density at radius 3 is 2.86 bits per heavy atom. The summed E-state index contributed by atoms with van der Waals surface area (Å²) in [5.41, 5.74) is 6.95. The Balaban J connectivity index is 1.64. The van der Waals surface area contributed by atoms with Crippen molar-refractivity contribution in [2.24, 2.45) is 5.73 Å². The van der Waals surface area contributed by atoms with Crippen LogP contribution in [0.4, 0.5) is 0 Å². The summed E-state index contributed by atoms with van der Waals surface area (Å²) in [4.78, 5) is 16.2. The van der Waals surface area contributed by atoms with Crippen LogP contribution in [-0.4, -0.2) is 28.1 Å². The molecule has 6 nitrogen and oxygen atoms in total. The van der Waals surface area contributed by atoms with Gasteiger partial charge in [-0.3, -0.25) is 9.78 Å². The number of nitrogens with zero attached hydrogens (tertiary/aromatic N) is 2. The molecule has 0 bridgehead atoms. The molecule has 3 N–H and O–H groups in total. The standard InChI is InChI=1S/C15H18N4O2/c16-11-3-5-12(6-4-11)18-15(20)13-8-14(21-19-13)10-2-1-7-17-9-10/h1-2,7-9,11-12H,3-6,16H2,(H,18,20). The fourth-order valence-electron chi connectivity index (χ4n) is 2.55. The molecule has 0 saturated heterocycles. The molecular formula is C15H18N4O2. The van der Waals surface area contributed by atoms with Crippen LogP contribution in [-0.2, 0) is 0 Å². The van der Waals surface area contributed by atoms with Crippen molar-refractivity contribution < 1.29 is 9.32 Å². The lowest BCUT2D eigenvalue weighted by atomic mass is 9.92. The van der Waals surface area contributed by atoms with Crippen LogP contribution in [0.15, 0.2) is 35.1 Å². The van der Waals surface area contributed by atoms with Gasteiger partial charge in [-0.25, -0.2) is 0 Å². The molecule has 110 valence electrons. The number of carbonyl (C=O) groups excluding carboxylic acids is 1. The Morgan fingerprint density at radius 1 is 1.33 bits per heavy atom. The van der Waals surface area contributed by atoms with Crippen LogP contribution in [0, 0.1) is 0 Å². The van der Waals surface area contributed by atoms with Crippen molar-refractivity contribution in [1.82, 2.24) is 15.5 Å². The second-order valence-corrected chi connectivity index (χ2v) is 5.40. The summed E-state index contributed by atoms with van der Waals surface area (Å²) in [6, 6.07) is 5.75. The quantitative estimate of drug-likeness (QED) is 0.896. The summed E-state index contributed by atoms with van der Waals surface area (Å²) >= 11 is 0. The topological polar surface area (TPSA) is 94.0 Å². The highest BCUT2D eigenvalue weighted by molar-refractivity contribution is 5.93. The number of aromatic nitrogens is 2. The van der Waals surface area contributed by atoms with Gasteiger partial charge in [-0.1, -0.05) is 5.16 Å². The molecule has 1 amide bonds. The minimum absolute atomic E-state index is 0.177. The first-order valence-electron chi connectivity index (χ1n) is 7.16. The predicted molar refractivity (Wildman–Crippen MR) is 77.4 cm³/mol. The molecule has 2 aromatic heterocycles. The number of hydrogen-bond acceptors (Lipinski definition) is 5. The summed E-state index contributed by atoms with van der Waals surface area (Å²) in [6.07, 6.45) is 7.09. The van der Waals surface area contributed by atoms with Crippen molar-refractivity contribution in [2.45, 2.75) is 37.8 Å². The van der Waals surface area contributed by atoms with E-state index in [1.807, 2.05) is 12.1 Å². The summed E-state index contributed by atoms with van der Waals surface area (Å²) < 4.78 is 5.21. The van der Waals surface area contributed by atoms with Gasteiger partial charge in [0, 0.05) is 36.1 Å². The highest BCUT2D eigenvalue weighted by Crippen LogP contribution is 2.20. The summed E-state index contributed by atoms with van der Waals surface area (Å²) in [7, 11) is 0. The average Bonchev–Trinajstić information content (AvgIpc) is 3.00. The molecule has 0 unspecified atom stereocenters. The molecule has 0 aliphatic heterocycles. The lowest BCUT2D eigenvalue weighted by Crippen LogP contribution is -2.40. The van der Waals surface area contributed by atoms with E-state index in [4.69, 9.17) is 10.3 Å². The van der Waals surface area contributed by atoms with Gasteiger partial charge < -0.3 is 15.6 Å². The number of nitrogens with two attached hydrogens (primary N) is 1. The highest BCUT2D eigenvalue weighted by atomic mass is 16.5. The van der Waals surface area contributed by atoms with E-state index in [-0.39, 0.29) is 18.0 Å². The van der Waals surface area contributed by atoms with Gasteiger partial charge in [0.05, 0.1) is 0 Å². The summed E-state index contributed by atoms with van der Waals surface area (Å²) in [6.45, 7) is 0. The van der Waals surface area contributed by atoms with Crippen molar-refractivity contribution in [3.05, 3.63) is 36.3 Å². The Hall–Kier alpha value is -2.21. The molecule has 1 saturated carbocycles. The molecule has 21 heavy (non-hydrogen) atoms. The SMILES string of the molecule is NC1CCC(NC(=O)c2cc(-c3cccnc3)on2)CC1. The third kappa shape index (κ3) is 3.28. The van der Waals surface area contributed by atoms with E-state index in [0.29, 0.717) is 11.5 Å². The van der Waals surface area contributed by atoms with Crippen LogP contribution < -0.4 is 11.1 Å². The van der Waals surface area contributed by atoms with E-state index in [0.717, 1.165) is 31.2 Å². The zero-order valence-corrected chi connectivity index (χ0v) is 11.7. The Labute approximate surface area is 122 Å². The van der Waals surface area contributed by atoms with E-state index < -0.39 is 0 Å². The third-order valence-corrected chi connectivity index (χ3v) is 3.80. The lowest BCUT2D eigenvalue weighted by Gasteiger charge is -2.26. The van der Waals surface area contributed by atoms with Crippen molar-refractivity contribution in [2.75, 3.05) is 0 Å². The fourth-order valence-corrected chi connectivity index (χ4v) is 2.55. The number of carbonyl (C=O) groups is 1. The Kier molecular flexibility index (Phi) is 3.96. The van der Waals surface area contributed by atoms with Gasteiger partial charge in [0.25, 0.3) is 5.91 Å². The van der Waals surface area contributed by atoms with Gasteiger partial charge in [0.1, 0.15) is 0 Å². The molecule has 3 rings (SSSR count). The second kappa shape index (κ2) is 6.05. The second-order valence-electron chi connectivity index (χ2n) is 5.40. The van der Waals surface area contributed by atoms with Crippen molar-refractivity contribution >= 4 is 5.91 Å². The molecule has 0 aromatic carbocycles.